The highest BCUT2D eigenvalue weighted by molar-refractivity contribution is 5.82. The lowest BCUT2D eigenvalue weighted by atomic mass is 9.89. The number of aromatic nitrogens is 1. The third-order valence-corrected chi connectivity index (χ3v) is 6.70. The predicted molar refractivity (Wildman–Crippen MR) is 117 cm³/mol. The molecule has 1 N–H and O–H groups in total. The Balaban J connectivity index is 1.56. The molecule has 0 radical (unpaired) electrons. The van der Waals surface area contributed by atoms with Crippen LogP contribution in [0.15, 0.2) is 6.07 Å². The van der Waals surface area contributed by atoms with Crippen LogP contribution in [0.4, 0.5) is 0 Å². The molecule has 1 amide bonds. The Hall–Kier alpha value is -1.50. The van der Waals surface area contributed by atoms with Gasteiger partial charge in [-0.1, -0.05) is 0 Å². The van der Waals surface area contributed by atoms with Crippen LogP contribution in [-0.4, -0.2) is 61.3 Å². The molecule has 1 aromatic rings. The Kier molecular flexibility index (Phi) is 7.39. The van der Waals surface area contributed by atoms with E-state index in [1.807, 2.05) is 0 Å². The van der Waals surface area contributed by atoms with Gasteiger partial charge in [-0.25, -0.2) is 0 Å². The van der Waals surface area contributed by atoms with E-state index in [2.05, 4.69) is 23.2 Å². The molecule has 1 aromatic heterocycles. The maximum atomic E-state index is 13.3. The maximum Gasteiger partial charge on any atom is 0.253 e. The minimum atomic E-state index is -0.368. The van der Waals surface area contributed by atoms with Gasteiger partial charge in [0.2, 0.25) is 0 Å². The number of fused-ring (bicyclic) bond motifs is 1. The summed E-state index contributed by atoms with van der Waals surface area (Å²) in [4.78, 5) is 20.5. The number of amides is 1. The number of rotatable bonds is 9. The summed E-state index contributed by atoms with van der Waals surface area (Å²) in [6.07, 6.45) is 9.77. The van der Waals surface area contributed by atoms with Crippen LogP contribution in [0.2, 0.25) is 0 Å². The van der Waals surface area contributed by atoms with Crippen molar-refractivity contribution in [3.05, 3.63) is 28.6 Å². The average Bonchev–Trinajstić information content (AvgIpc) is 3.62. The number of carbonyl (C=O) groups is 1. The Morgan fingerprint density at radius 3 is 2.90 bits per heavy atom. The molecule has 1 saturated heterocycles. The van der Waals surface area contributed by atoms with Crippen molar-refractivity contribution in [2.24, 2.45) is 0 Å². The molecule has 3 aliphatic rings. The van der Waals surface area contributed by atoms with E-state index in [0.717, 1.165) is 63.8 Å². The maximum absolute atomic E-state index is 13.3. The summed E-state index contributed by atoms with van der Waals surface area (Å²) in [5, 5.41) is 3.29. The quantitative estimate of drug-likeness (QED) is 0.628. The molecule has 1 saturated carbocycles. The Bertz CT molecular complexity index is 729. The second-order valence-corrected chi connectivity index (χ2v) is 9.00. The second-order valence-electron chi connectivity index (χ2n) is 9.00. The first-order valence-corrected chi connectivity index (χ1v) is 11.8. The number of nitrogens with zero attached hydrogens (tertiary/aromatic N) is 2. The van der Waals surface area contributed by atoms with Gasteiger partial charge in [0.15, 0.2) is 0 Å². The van der Waals surface area contributed by atoms with E-state index >= 15 is 0 Å². The molecule has 0 bridgehead atoms. The van der Waals surface area contributed by atoms with Gasteiger partial charge >= 0.3 is 0 Å². The normalized spacial score (nSPS) is 22.4. The molecule has 4 rings (SSSR count). The third-order valence-electron chi connectivity index (χ3n) is 6.70. The molecule has 6 heteroatoms. The van der Waals surface area contributed by atoms with Crippen LogP contribution in [0.25, 0.3) is 0 Å². The Morgan fingerprint density at radius 2 is 2.17 bits per heavy atom. The largest absolute Gasteiger partial charge is 0.385 e. The number of pyridine rings is 1. The van der Waals surface area contributed by atoms with Gasteiger partial charge in [-0.15, -0.1) is 0 Å². The van der Waals surface area contributed by atoms with Gasteiger partial charge in [0.05, 0.1) is 18.3 Å². The standard InChI is InChI=1S/C24H37N3O3/c1-17(27(19-10-11-19)24(28)23-16-25-12-14-30-23)22-15-18(7-5-6-13-29-2)20-8-3-4-9-21(20)26-22/h15,17,19,23,25H,3-14,16H2,1-2H3/t17-,23-/m1/s1. The highest BCUT2D eigenvalue weighted by Gasteiger charge is 2.40. The number of hydrogen-bond donors (Lipinski definition) is 1. The fourth-order valence-corrected chi connectivity index (χ4v) is 4.88. The SMILES string of the molecule is COCCCCc1cc([C@@H](C)N(C(=O)[C@H]2CNCCO2)C2CC2)nc2c1CCCC2. The fraction of sp³-hybridized carbons (Fsp3) is 0.750. The molecular weight excluding hydrogens is 378 g/mol. The zero-order chi connectivity index (χ0) is 20.9. The molecule has 2 atom stereocenters. The molecule has 0 spiro atoms. The van der Waals surface area contributed by atoms with E-state index in [1.165, 1.54) is 29.7 Å². The summed E-state index contributed by atoms with van der Waals surface area (Å²) >= 11 is 0. The fourth-order valence-electron chi connectivity index (χ4n) is 4.88. The predicted octanol–water partition coefficient (Wildman–Crippen LogP) is 2.97. The van der Waals surface area contributed by atoms with Crippen LogP contribution in [0.5, 0.6) is 0 Å². The van der Waals surface area contributed by atoms with E-state index in [1.54, 1.807) is 7.11 Å². The van der Waals surface area contributed by atoms with Crippen molar-refractivity contribution >= 4 is 5.91 Å². The van der Waals surface area contributed by atoms with Gasteiger partial charge in [-0.3, -0.25) is 9.78 Å². The van der Waals surface area contributed by atoms with Crippen molar-refractivity contribution in [3.8, 4) is 0 Å². The summed E-state index contributed by atoms with van der Waals surface area (Å²) in [7, 11) is 1.77. The van der Waals surface area contributed by atoms with Crippen LogP contribution in [0, 0.1) is 0 Å². The summed E-state index contributed by atoms with van der Waals surface area (Å²) in [6.45, 7) is 5.00. The molecular formula is C24H37N3O3. The van der Waals surface area contributed by atoms with Crippen molar-refractivity contribution in [1.29, 1.82) is 0 Å². The summed E-state index contributed by atoms with van der Waals surface area (Å²) in [6, 6.07) is 2.62. The summed E-state index contributed by atoms with van der Waals surface area (Å²) in [5.41, 5.74) is 5.24. The number of hydrogen-bond acceptors (Lipinski definition) is 5. The minimum Gasteiger partial charge on any atom is -0.385 e. The zero-order valence-corrected chi connectivity index (χ0v) is 18.6. The third kappa shape index (κ3) is 5.04. The first kappa shape index (κ1) is 21.7. The highest BCUT2D eigenvalue weighted by atomic mass is 16.5. The van der Waals surface area contributed by atoms with E-state index in [9.17, 15) is 4.79 Å². The van der Waals surface area contributed by atoms with Crippen molar-refractivity contribution in [3.63, 3.8) is 0 Å². The van der Waals surface area contributed by atoms with Crippen LogP contribution >= 0.6 is 0 Å². The Labute approximate surface area is 180 Å². The van der Waals surface area contributed by atoms with Gasteiger partial charge in [0.1, 0.15) is 6.10 Å². The topological polar surface area (TPSA) is 63.7 Å². The van der Waals surface area contributed by atoms with Crippen molar-refractivity contribution < 1.29 is 14.3 Å². The number of aryl methyl sites for hydroxylation is 2. The van der Waals surface area contributed by atoms with Crippen LogP contribution in [-0.2, 0) is 33.5 Å². The van der Waals surface area contributed by atoms with Gasteiger partial charge in [-0.05, 0) is 81.9 Å². The molecule has 0 unspecified atom stereocenters. The van der Waals surface area contributed by atoms with Crippen LogP contribution in [0.1, 0.15) is 74.0 Å². The number of unbranched alkanes of at least 4 members (excludes halogenated alkanes) is 1. The Morgan fingerprint density at radius 1 is 1.33 bits per heavy atom. The number of nitrogens with one attached hydrogen (secondary N) is 1. The van der Waals surface area contributed by atoms with Crippen LogP contribution < -0.4 is 5.32 Å². The molecule has 1 aliphatic heterocycles. The molecule has 2 aliphatic carbocycles. The van der Waals surface area contributed by atoms with Crippen molar-refractivity contribution in [2.75, 3.05) is 33.4 Å². The smallest absolute Gasteiger partial charge is 0.253 e. The summed E-state index contributed by atoms with van der Waals surface area (Å²) in [5.74, 6) is 0.123. The average molecular weight is 416 g/mol. The highest BCUT2D eigenvalue weighted by Crippen LogP contribution is 2.36. The van der Waals surface area contributed by atoms with Gasteiger partial charge in [-0.2, -0.15) is 0 Å². The first-order chi connectivity index (χ1) is 14.7. The lowest BCUT2D eigenvalue weighted by molar-refractivity contribution is -0.148. The number of methoxy groups -OCH3 is 1. The van der Waals surface area contributed by atoms with E-state index in [-0.39, 0.29) is 18.1 Å². The summed E-state index contributed by atoms with van der Waals surface area (Å²) < 4.78 is 11.0. The van der Waals surface area contributed by atoms with Crippen molar-refractivity contribution in [2.45, 2.75) is 82.9 Å². The monoisotopic (exact) mass is 415 g/mol. The van der Waals surface area contributed by atoms with Gasteiger partial charge < -0.3 is 19.7 Å². The molecule has 30 heavy (non-hydrogen) atoms. The van der Waals surface area contributed by atoms with Gasteiger partial charge in [0, 0.05) is 38.5 Å². The van der Waals surface area contributed by atoms with Gasteiger partial charge in [0.25, 0.3) is 5.91 Å². The lowest BCUT2D eigenvalue weighted by Crippen LogP contribution is -2.50. The minimum absolute atomic E-state index is 0.0134. The van der Waals surface area contributed by atoms with E-state index < -0.39 is 0 Å². The molecule has 2 fully saturated rings. The number of carbonyl (C=O) groups excluding carboxylic acids is 1. The zero-order valence-electron chi connectivity index (χ0n) is 18.6. The molecule has 2 heterocycles. The molecule has 6 nitrogen and oxygen atoms in total. The molecule has 166 valence electrons. The molecule has 0 aromatic carbocycles. The van der Waals surface area contributed by atoms with E-state index in [4.69, 9.17) is 14.5 Å². The second kappa shape index (κ2) is 10.2. The van der Waals surface area contributed by atoms with Crippen molar-refractivity contribution in [1.82, 2.24) is 15.2 Å². The first-order valence-electron chi connectivity index (χ1n) is 11.8. The van der Waals surface area contributed by atoms with E-state index in [0.29, 0.717) is 19.2 Å². The van der Waals surface area contributed by atoms with Crippen LogP contribution in [0.3, 0.4) is 0 Å². The number of ether oxygens (including phenoxy) is 2. The number of morpholine rings is 1. The lowest BCUT2D eigenvalue weighted by Gasteiger charge is -2.34.